The van der Waals surface area contributed by atoms with Crippen molar-refractivity contribution in [3.63, 3.8) is 0 Å². The summed E-state index contributed by atoms with van der Waals surface area (Å²) in [5.74, 6) is -4.87. The van der Waals surface area contributed by atoms with Crippen LogP contribution in [0.5, 0.6) is 5.75 Å². The van der Waals surface area contributed by atoms with Crippen molar-refractivity contribution in [3.8, 4) is 5.75 Å². The fourth-order valence-corrected chi connectivity index (χ4v) is 2.82. The molecule has 1 aromatic heterocycles. The Hall–Kier alpha value is -3.36. The quantitative estimate of drug-likeness (QED) is 0.493. The van der Waals surface area contributed by atoms with Gasteiger partial charge >= 0.3 is 5.56 Å². The number of aromatic nitrogens is 2. The van der Waals surface area contributed by atoms with E-state index < -0.39 is 28.8 Å². The first kappa shape index (κ1) is 20.4. The number of nitrogens with zero attached hydrogens (tertiary/aromatic N) is 2. The van der Waals surface area contributed by atoms with Crippen LogP contribution in [0.1, 0.15) is 18.1 Å². The van der Waals surface area contributed by atoms with Crippen molar-refractivity contribution in [2.24, 2.45) is 0 Å². The van der Waals surface area contributed by atoms with Crippen LogP contribution in [-0.4, -0.2) is 16.7 Å². The minimum atomic E-state index is -1.60. The molecule has 0 spiro atoms. The largest absolute Gasteiger partial charge is 0.497 e. The number of aryl methyl sites for hydroxylation is 1. The average Bonchev–Trinajstić information content (AvgIpc) is 2.70. The monoisotopic (exact) mass is 407 g/mol. The molecule has 0 saturated carbocycles. The van der Waals surface area contributed by atoms with Gasteiger partial charge < -0.3 is 14.6 Å². The van der Waals surface area contributed by atoms with Crippen LogP contribution in [0.2, 0.25) is 0 Å². The minimum Gasteiger partial charge on any atom is -0.497 e. The van der Waals surface area contributed by atoms with Crippen LogP contribution >= 0.6 is 0 Å². The molecule has 0 saturated heterocycles. The van der Waals surface area contributed by atoms with Crippen LogP contribution in [-0.2, 0) is 13.0 Å². The normalized spacial score (nSPS) is 10.8. The Kier molecular flexibility index (Phi) is 5.86. The number of anilines is 2. The second-order valence-corrected chi connectivity index (χ2v) is 6.22. The predicted molar refractivity (Wildman–Crippen MR) is 99.5 cm³/mol. The fraction of sp³-hybridized carbons (Fsp3) is 0.200. The Morgan fingerprint density at radius 2 is 1.76 bits per heavy atom. The van der Waals surface area contributed by atoms with Gasteiger partial charge in [0.1, 0.15) is 5.75 Å². The lowest BCUT2D eigenvalue weighted by Gasteiger charge is -2.17. The molecule has 0 bridgehead atoms. The summed E-state index contributed by atoms with van der Waals surface area (Å²) in [5, 5.41) is 2.94. The van der Waals surface area contributed by atoms with Gasteiger partial charge in [-0.1, -0.05) is 6.92 Å². The van der Waals surface area contributed by atoms with E-state index in [1.54, 1.807) is 18.2 Å². The molecule has 1 heterocycles. The first-order valence-electron chi connectivity index (χ1n) is 8.66. The number of hydrogen-bond acceptors (Lipinski definition) is 4. The summed E-state index contributed by atoms with van der Waals surface area (Å²) in [6, 6.07) is 6.78. The number of ether oxygens (including phenoxy) is 1. The molecule has 5 nitrogen and oxygen atoms in total. The first-order valence-corrected chi connectivity index (χ1v) is 8.66. The van der Waals surface area contributed by atoms with Crippen LogP contribution < -0.4 is 15.6 Å². The van der Waals surface area contributed by atoms with Gasteiger partial charge in [-0.15, -0.1) is 0 Å². The van der Waals surface area contributed by atoms with Crippen molar-refractivity contribution in [1.29, 1.82) is 0 Å². The summed E-state index contributed by atoms with van der Waals surface area (Å²) in [6.07, 6.45) is 1.49. The van der Waals surface area contributed by atoms with Gasteiger partial charge in [-0.25, -0.2) is 13.2 Å². The van der Waals surface area contributed by atoms with Crippen molar-refractivity contribution in [3.05, 3.63) is 81.3 Å². The molecule has 0 atom stereocenters. The molecule has 0 aliphatic rings. The molecule has 152 valence electrons. The van der Waals surface area contributed by atoms with E-state index in [0.717, 1.165) is 23.9 Å². The highest BCUT2D eigenvalue weighted by molar-refractivity contribution is 5.60. The molecule has 1 N–H and O–H groups in total. The zero-order valence-corrected chi connectivity index (χ0v) is 15.6. The van der Waals surface area contributed by atoms with Gasteiger partial charge in [0.05, 0.1) is 13.7 Å². The van der Waals surface area contributed by atoms with Gasteiger partial charge in [0.15, 0.2) is 17.5 Å². The Bertz CT molecular complexity index is 1090. The summed E-state index contributed by atoms with van der Waals surface area (Å²) >= 11 is 0. The Labute approximate surface area is 163 Å². The maximum Gasteiger partial charge on any atom is 0.310 e. The molecule has 0 unspecified atom stereocenters. The molecule has 0 amide bonds. The van der Waals surface area contributed by atoms with Crippen molar-refractivity contribution in [2.45, 2.75) is 19.9 Å². The molecule has 0 radical (unpaired) electrons. The number of halogens is 4. The average molecular weight is 407 g/mol. The Morgan fingerprint density at radius 1 is 1.07 bits per heavy atom. The molecule has 29 heavy (non-hydrogen) atoms. The SMILES string of the molecule is CCc1cc(OC)ccc1Nc1nc(=O)c(F)cn1Cc1cc(F)c(F)c(F)c1. The summed E-state index contributed by atoms with van der Waals surface area (Å²) in [4.78, 5) is 15.4. The number of nitrogens with one attached hydrogen (secondary N) is 1. The molecule has 9 heteroatoms. The van der Waals surface area contributed by atoms with Gasteiger partial charge in [0, 0.05) is 11.9 Å². The molecule has 0 aliphatic heterocycles. The third kappa shape index (κ3) is 4.39. The van der Waals surface area contributed by atoms with Crippen molar-refractivity contribution in [2.75, 3.05) is 12.4 Å². The number of rotatable bonds is 6. The van der Waals surface area contributed by atoms with Gasteiger partial charge in [-0.3, -0.25) is 4.79 Å². The third-order valence-corrected chi connectivity index (χ3v) is 4.29. The summed E-state index contributed by atoms with van der Waals surface area (Å²) in [7, 11) is 1.53. The van der Waals surface area contributed by atoms with E-state index in [1.165, 1.54) is 11.7 Å². The molecule has 0 aliphatic carbocycles. The lowest BCUT2D eigenvalue weighted by atomic mass is 10.1. The molecule has 2 aromatic carbocycles. The molecule has 3 aromatic rings. The summed E-state index contributed by atoms with van der Waals surface area (Å²) in [5.41, 5.74) is 0.372. The first-order chi connectivity index (χ1) is 13.8. The van der Waals surface area contributed by atoms with Crippen LogP contribution in [0.15, 0.2) is 41.3 Å². The highest BCUT2D eigenvalue weighted by Gasteiger charge is 2.14. The van der Waals surface area contributed by atoms with E-state index in [4.69, 9.17) is 4.74 Å². The standard InChI is InChI=1S/C20H17F4N3O2/c1-3-12-8-13(29-2)4-5-17(12)25-20-26-19(28)16(23)10-27(20)9-11-6-14(21)18(24)15(22)7-11/h4-8,10H,3,9H2,1-2H3,(H,25,26,28). The van der Waals surface area contributed by atoms with E-state index in [9.17, 15) is 22.4 Å². The van der Waals surface area contributed by atoms with Gasteiger partial charge in [0.25, 0.3) is 0 Å². The maximum atomic E-state index is 13.8. The zero-order chi connectivity index (χ0) is 21.1. The smallest absolute Gasteiger partial charge is 0.310 e. The Morgan fingerprint density at radius 3 is 2.38 bits per heavy atom. The lowest BCUT2D eigenvalue weighted by Crippen LogP contribution is -2.20. The third-order valence-electron chi connectivity index (χ3n) is 4.29. The summed E-state index contributed by atoms with van der Waals surface area (Å²) < 4.78 is 60.4. The van der Waals surface area contributed by atoms with E-state index in [1.807, 2.05) is 6.92 Å². The topological polar surface area (TPSA) is 56.1 Å². The van der Waals surface area contributed by atoms with Gasteiger partial charge in [-0.05, 0) is 47.9 Å². The van der Waals surface area contributed by atoms with Crippen LogP contribution in [0.25, 0.3) is 0 Å². The van der Waals surface area contributed by atoms with E-state index in [0.29, 0.717) is 17.9 Å². The molecular formula is C20H17F4N3O2. The number of methoxy groups -OCH3 is 1. The fourth-order valence-electron chi connectivity index (χ4n) is 2.82. The minimum absolute atomic E-state index is 0.0275. The van der Waals surface area contributed by atoms with Crippen LogP contribution in [0.3, 0.4) is 0 Å². The van der Waals surface area contributed by atoms with E-state index >= 15 is 0 Å². The van der Waals surface area contributed by atoms with E-state index in [-0.39, 0.29) is 18.1 Å². The maximum absolute atomic E-state index is 13.8. The highest BCUT2D eigenvalue weighted by atomic mass is 19.2. The number of hydrogen-bond donors (Lipinski definition) is 1. The van der Waals surface area contributed by atoms with Crippen LogP contribution in [0.4, 0.5) is 29.2 Å². The lowest BCUT2D eigenvalue weighted by molar-refractivity contribution is 0.414. The van der Waals surface area contributed by atoms with Crippen molar-refractivity contribution in [1.82, 2.24) is 9.55 Å². The number of benzene rings is 2. The van der Waals surface area contributed by atoms with Gasteiger partial charge in [-0.2, -0.15) is 9.37 Å². The van der Waals surface area contributed by atoms with Crippen LogP contribution in [0, 0.1) is 23.3 Å². The zero-order valence-electron chi connectivity index (χ0n) is 15.6. The van der Waals surface area contributed by atoms with Crippen molar-refractivity contribution < 1.29 is 22.3 Å². The molecule has 3 rings (SSSR count). The van der Waals surface area contributed by atoms with Crippen molar-refractivity contribution >= 4 is 11.6 Å². The second kappa shape index (κ2) is 8.34. The van der Waals surface area contributed by atoms with Gasteiger partial charge in [0.2, 0.25) is 11.8 Å². The molecular weight excluding hydrogens is 390 g/mol. The molecule has 0 fully saturated rings. The second-order valence-electron chi connectivity index (χ2n) is 6.22. The summed E-state index contributed by atoms with van der Waals surface area (Å²) in [6.45, 7) is 1.66. The van der Waals surface area contributed by atoms with E-state index in [2.05, 4.69) is 10.3 Å². The Balaban J connectivity index is 2.02. The predicted octanol–water partition coefficient (Wildman–Crippen LogP) is 4.16. The highest BCUT2D eigenvalue weighted by Crippen LogP contribution is 2.25.